The third kappa shape index (κ3) is 3.57. The Balaban J connectivity index is 2.79. The summed E-state index contributed by atoms with van der Waals surface area (Å²) < 4.78 is 0. The predicted molar refractivity (Wildman–Crippen MR) is 82.4 cm³/mol. The van der Waals surface area contributed by atoms with E-state index in [-0.39, 0.29) is 7.92 Å². The van der Waals surface area contributed by atoms with Gasteiger partial charge in [0.1, 0.15) is 0 Å². The van der Waals surface area contributed by atoms with E-state index < -0.39 is 0 Å². The van der Waals surface area contributed by atoms with Crippen LogP contribution in [0.5, 0.6) is 0 Å². The van der Waals surface area contributed by atoms with E-state index in [0.717, 1.165) is 0 Å². The molecule has 0 radical (unpaired) electrons. The highest BCUT2D eigenvalue weighted by Crippen LogP contribution is 2.68. The summed E-state index contributed by atoms with van der Waals surface area (Å²) in [4.78, 5) is 0. The van der Waals surface area contributed by atoms with Gasteiger partial charge in [-0.25, -0.2) is 0 Å². The summed E-state index contributed by atoms with van der Waals surface area (Å²) in [5.41, 5.74) is 0.546. The highest BCUT2D eigenvalue weighted by molar-refractivity contribution is 7.60. The van der Waals surface area contributed by atoms with Crippen molar-refractivity contribution in [3.63, 3.8) is 0 Å². The Bertz CT molecular complexity index is 257. The fourth-order valence-corrected chi connectivity index (χ4v) is 6.93. The average Bonchev–Trinajstić information content (AvgIpc) is 2.13. The zero-order valence-corrected chi connectivity index (χ0v) is 13.7. The van der Waals surface area contributed by atoms with Crippen molar-refractivity contribution in [3.05, 3.63) is 12.7 Å². The van der Waals surface area contributed by atoms with Crippen molar-refractivity contribution in [2.75, 3.05) is 6.66 Å². The van der Waals surface area contributed by atoms with E-state index in [2.05, 4.69) is 53.9 Å². The largest absolute Gasteiger partial charge is 0.103 e. The van der Waals surface area contributed by atoms with Crippen LogP contribution in [0.25, 0.3) is 0 Å². The van der Waals surface area contributed by atoms with Gasteiger partial charge in [-0.2, -0.15) is 0 Å². The Labute approximate surface area is 110 Å². The van der Waals surface area contributed by atoms with Crippen molar-refractivity contribution in [3.8, 4) is 0 Å². The zero-order chi connectivity index (χ0) is 13.3. The van der Waals surface area contributed by atoms with Crippen molar-refractivity contribution >= 4 is 7.92 Å². The number of rotatable bonds is 4. The zero-order valence-electron chi connectivity index (χ0n) is 12.8. The lowest BCUT2D eigenvalue weighted by Gasteiger charge is -2.56. The first-order valence-electron chi connectivity index (χ1n) is 6.98. The van der Waals surface area contributed by atoms with Gasteiger partial charge >= 0.3 is 0 Å². The molecular formula is C16H31P. The van der Waals surface area contributed by atoms with Gasteiger partial charge < -0.3 is 0 Å². The SMILES string of the molecule is C=CCCCC1(C)CC(C)(C)P(C)C(C)(C)C1. The van der Waals surface area contributed by atoms with E-state index in [4.69, 9.17) is 0 Å². The molecule has 1 aliphatic heterocycles. The van der Waals surface area contributed by atoms with Gasteiger partial charge in [0.05, 0.1) is 0 Å². The lowest BCUT2D eigenvalue weighted by Crippen LogP contribution is -2.44. The van der Waals surface area contributed by atoms with E-state index in [9.17, 15) is 0 Å². The Morgan fingerprint density at radius 1 is 1.06 bits per heavy atom. The quantitative estimate of drug-likeness (QED) is 0.337. The van der Waals surface area contributed by atoms with E-state index in [1.165, 1.54) is 32.1 Å². The van der Waals surface area contributed by atoms with E-state index in [0.29, 0.717) is 15.7 Å². The Kier molecular flexibility index (Phi) is 4.52. The van der Waals surface area contributed by atoms with Crippen molar-refractivity contribution in [2.24, 2.45) is 5.41 Å². The summed E-state index contributed by atoms with van der Waals surface area (Å²) in [5.74, 6) is 0. The average molecular weight is 254 g/mol. The second kappa shape index (κ2) is 5.04. The number of allylic oxidation sites excluding steroid dienone is 1. The molecule has 0 amide bonds. The molecule has 0 spiro atoms. The summed E-state index contributed by atoms with van der Waals surface area (Å²) >= 11 is 0. The molecule has 100 valence electrons. The molecule has 17 heavy (non-hydrogen) atoms. The minimum atomic E-state index is 0.125. The van der Waals surface area contributed by atoms with Crippen LogP contribution in [0.3, 0.4) is 0 Å². The molecule has 0 saturated carbocycles. The first kappa shape index (κ1) is 15.2. The lowest BCUT2D eigenvalue weighted by molar-refractivity contribution is 0.184. The molecule has 0 bridgehead atoms. The van der Waals surface area contributed by atoms with Crippen LogP contribution in [-0.2, 0) is 0 Å². The molecule has 0 aromatic heterocycles. The second-order valence-corrected chi connectivity index (χ2v) is 11.1. The van der Waals surface area contributed by atoms with Crippen LogP contribution < -0.4 is 0 Å². The van der Waals surface area contributed by atoms with Gasteiger partial charge in [-0.1, -0.05) is 48.6 Å². The lowest BCUT2D eigenvalue weighted by atomic mass is 9.71. The number of hydrogen-bond acceptors (Lipinski definition) is 0. The summed E-state index contributed by atoms with van der Waals surface area (Å²) in [7, 11) is 0.125. The van der Waals surface area contributed by atoms with Crippen LogP contribution in [0.1, 0.15) is 66.7 Å². The van der Waals surface area contributed by atoms with Crippen LogP contribution in [-0.4, -0.2) is 17.0 Å². The van der Waals surface area contributed by atoms with Gasteiger partial charge in [0.2, 0.25) is 0 Å². The Morgan fingerprint density at radius 3 is 1.94 bits per heavy atom. The van der Waals surface area contributed by atoms with Crippen molar-refractivity contribution in [1.82, 2.24) is 0 Å². The molecule has 0 aliphatic carbocycles. The van der Waals surface area contributed by atoms with Crippen molar-refractivity contribution in [2.45, 2.75) is 77.0 Å². The molecule has 0 N–H and O–H groups in total. The molecule has 1 rings (SSSR count). The monoisotopic (exact) mass is 254 g/mol. The normalized spacial score (nSPS) is 35.5. The Hall–Kier alpha value is 0.170. The molecular weight excluding hydrogens is 223 g/mol. The van der Waals surface area contributed by atoms with Gasteiger partial charge in [0.15, 0.2) is 0 Å². The van der Waals surface area contributed by atoms with Crippen LogP contribution in [0, 0.1) is 5.41 Å². The maximum Gasteiger partial charge on any atom is -0.0143 e. The van der Waals surface area contributed by atoms with Gasteiger partial charge in [-0.05, 0) is 54.5 Å². The van der Waals surface area contributed by atoms with Gasteiger partial charge in [0, 0.05) is 0 Å². The highest BCUT2D eigenvalue weighted by Gasteiger charge is 2.48. The molecule has 1 saturated heterocycles. The number of hydrogen-bond donors (Lipinski definition) is 0. The third-order valence-electron chi connectivity index (χ3n) is 4.72. The van der Waals surface area contributed by atoms with Gasteiger partial charge in [0.25, 0.3) is 0 Å². The molecule has 0 nitrogen and oxygen atoms in total. The molecule has 1 heterocycles. The fourth-order valence-electron chi connectivity index (χ4n) is 4.06. The fraction of sp³-hybridized carbons (Fsp3) is 0.875. The minimum Gasteiger partial charge on any atom is -0.103 e. The molecule has 1 fully saturated rings. The minimum absolute atomic E-state index is 0.125. The summed E-state index contributed by atoms with van der Waals surface area (Å²) in [6.07, 6.45) is 8.74. The van der Waals surface area contributed by atoms with Crippen LogP contribution >= 0.6 is 7.92 Å². The van der Waals surface area contributed by atoms with E-state index in [1.54, 1.807) is 0 Å². The van der Waals surface area contributed by atoms with Crippen LogP contribution in [0.4, 0.5) is 0 Å². The molecule has 1 aliphatic rings. The molecule has 0 unspecified atom stereocenters. The topological polar surface area (TPSA) is 0 Å². The van der Waals surface area contributed by atoms with E-state index >= 15 is 0 Å². The summed E-state index contributed by atoms with van der Waals surface area (Å²) in [6, 6.07) is 0. The maximum absolute atomic E-state index is 3.84. The predicted octanol–water partition coefficient (Wildman–Crippen LogP) is 5.81. The molecule has 0 aromatic rings. The number of unbranched alkanes of at least 4 members (excludes halogenated alkanes) is 1. The van der Waals surface area contributed by atoms with Gasteiger partial charge in [-0.15, -0.1) is 6.58 Å². The third-order valence-corrected chi connectivity index (χ3v) is 8.67. The van der Waals surface area contributed by atoms with Gasteiger partial charge in [-0.3, -0.25) is 0 Å². The summed E-state index contributed by atoms with van der Waals surface area (Å²) in [6.45, 7) is 18.8. The summed E-state index contributed by atoms with van der Waals surface area (Å²) in [5, 5.41) is 1.08. The maximum atomic E-state index is 3.84. The standard InChI is InChI=1S/C16H31P/c1-8-9-10-11-16(6)12-14(2,3)17(7)15(4,5)13-16/h8H,1,9-13H2,2-7H3. The molecule has 1 heteroatoms. The highest BCUT2D eigenvalue weighted by atomic mass is 31.1. The molecule has 0 aromatic carbocycles. The first-order chi connectivity index (χ1) is 7.63. The van der Waals surface area contributed by atoms with E-state index in [1.807, 2.05) is 0 Å². The second-order valence-electron chi connectivity index (χ2n) is 7.53. The first-order valence-corrected chi connectivity index (χ1v) is 8.77. The Morgan fingerprint density at radius 2 is 1.53 bits per heavy atom. The smallest absolute Gasteiger partial charge is 0.0143 e. The van der Waals surface area contributed by atoms with Crippen molar-refractivity contribution in [1.29, 1.82) is 0 Å². The van der Waals surface area contributed by atoms with Crippen LogP contribution in [0.15, 0.2) is 12.7 Å². The molecule has 0 atom stereocenters. The van der Waals surface area contributed by atoms with Crippen LogP contribution in [0.2, 0.25) is 0 Å². The van der Waals surface area contributed by atoms with Crippen molar-refractivity contribution < 1.29 is 0 Å².